The van der Waals surface area contributed by atoms with Crippen LogP contribution in [-0.2, 0) is 6.42 Å². The van der Waals surface area contributed by atoms with Crippen molar-refractivity contribution in [2.45, 2.75) is 39.5 Å². The molecule has 1 aliphatic carbocycles. The fraction of sp³-hybridized carbons (Fsp3) is 0.333. The highest BCUT2D eigenvalue weighted by molar-refractivity contribution is 5.83. The molecule has 0 aromatic heterocycles. The van der Waals surface area contributed by atoms with Crippen molar-refractivity contribution in [3.05, 3.63) is 71.3 Å². The van der Waals surface area contributed by atoms with Crippen LogP contribution in [0.5, 0.6) is 0 Å². The predicted octanol–water partition coefficient (Wildman–Crippen LogP) is 5.99. The average molecular weight is 276 g/mol. The van der Waals surface area contributed by atoms with Gasteiger partial charge in [-0.25, -0.2) is 0 Å². The topological polar surface area (TPSA) is 0 Å². The summed E-state index contributed by atoms with van der Waals surface area (Å²) in [7, 11) is 0. The largest absolute Gasteiger partial charge is 0.0808 e. The first-order valence-corrected chi connectivity index (χ1v) is 8.11. The maximum absolute atomic E-state index is 2.41. The van der Waals surface area contributed by atoms with Gasteiger partial charge in [0.1, 0.15) is 0 Å². The van der Waals surface area contributed by atoms with E-state index < -0.39 is 0 Å². The minimum Gasteiger partial charge on any atom is -0.0808 e. The summed E-state index contributed by atoms with van der Waals surface area (Å²) < 4.78 is 0. The van der Waals surface area contributed by atoms with Crippen molar-refractivity contribution in [3.63, 3.8) is 0 Å². The molecule has 0 saturated carbocycles. The smallest absolute Gasteiger partial charge is 0.0181 e. The minimum absolute atomic E-state index is 0.717. The number of aryl methyl sites for hydroxylation is 2. The Bertz CT molecular complexity index is 688. The molecule has 0 nitrogen and oxygen atoms in total. The van der Waals surface area contributed by atoms with Crippen LogP contribution in [-0.4, -0.2) is 0 Å². The van der Waals surface area contributed by atoms with Gasteiger partial charge >= 0.3 is 0 Å². The second-order valence-electron chi connectivity index (χ2n) is 6.21. The Morgan fingerprint density at radius 3 is 2.62 bits per heavy atom. The Labute approximate surface area is 128 Å². The fourth-order valence-corrected chi connectivity index (χ4v) is 3.11. The van der Waals surface area contributed by atoms with Crippen LogP contribution in [0.25, 0.3) is 10.8 Å². The molecule has 0 aliphatic heterocycles. The highest BCUT2D eigenvalue weighted by atomic mass is 14.1. The van der Waals surface area contributed by atoms with E-state index in [4.69, 9.17) is 0 Å². The number of benzene rings is 2. The van der Waals surface area contributed by atoms with Crippen molar-refractivity contribution < 1.29 is 0 Å². The molecule has 0 radical (unpaired) electrons. The van der Waals surface area contributed by atoms with Crippen molar-refractivity contribution in [3.8, 4) is 0 Å². The highest BCUT2D eigenvalue weighted by Crippen LogP contribution is 2.24. The summed E-state index contributed by atoms with van der Waals surface area (Å²) in [6, 6.07) is 13.6. The van der Waals surface area contributed by atoms with Crippen LogP contribution >= 0.6 is 0 Å². The van der Waals surface area contributed by atoms with Gasteiger partial charge in [-0.05, 0) is 54.9 Å². The molecule has 0 heterocycles. The van der Waals surface area contributed by atoms with Crippen molar-refractivity contribution in [2.24, 2.45) is 5.92 Å². The molecule has 21 heavy (non-hydrogen) atoms. The van der Waals surface area contributed by atoms with E-state index >= 15 is 0 Å². The summed E-state index contributed by atoms with van der Waals surface area (Å²) in [5.41, 5.74) is 4.29. The summed E-state index contributed by atoms with van der Waals surface area (Å²) in [6.45, 7) is 4.38. The molecule has 108 valence electrons. The lowest BCUT2D eigenvalue weighted by Gasteiger charge is -2.15. The van der Waals surface area contributed by atoms with E-state index in [1.807, 2.05) is 0 Å². The van der Waals surface area contributed by atoms with E-state index in [2.05, 4.69) is 68.5 Å². The van der Waals surface area contributed by atoms with Gasteiger partial charge in [-0.1, -0.05) is 72.7 Å². The van der Waals surface area contributed by atoms with Crippen LogP contribution in [0.15, 0.2) is 60.2 Å². The standard InChI is InChI=1S/C21H24/c1-3-17-5-7-18(8-6-17)9-10-19-11-13-20-14-16(2)4-12-21(20)15-19/h4-7,11-15,18H,3,8-10H2,1-2H3. The Kier molecular flexibility index (Phi) is 4.24. The van der Waals surface area contributed by atoms with E-state index in [1.54, 1.807) is 0 Å². The predicted molar refractivity (Wildman–Crippen MR) is 92.6 cm³/mol. The van der Waals surface area contributed by atoms with E-state index in [-0.39, 0.29) is 0 Å². The molecule has 0 fully saturated rings. The van der Waals surface area contributed by atoms with Crippen LogP contribution < -0.4 is 0 Å². The SMILES string of the molecule is CCC1=CCC(CCc2ccc3cc(C)ccc3c2)C=C1. The number of fused-ring (bicyclic) bond motifs is 1. The molecule has 0 spiro atoms. The lowest BCUT2D eigenvalue weighted by molar-refractivity contribution is 0.591. The van der Waals surface area contributed by atoms with Gasteiger partial charge in [-0.15, -0.1) is 0 Å². The van der Waals surface area contributed by atoms with Crippen molar-refractivity contribution in [1.29, 1.82) is 0 Å². The van der Waals surface area contributed by atoms with Crippen molar-refractivity contribution in [2.75, 3.05) is 0 Å². The summed E-state index contributed by atoms with van der Waals surface area (Å²) >= 11 is 0. The summed E-state index contributed by atoms with van der Waals surface area (Å²) in [5.74, 6) is 0.717. The molecule has 0 bridgehead atoms. The molecule has 2 aromatic rings. The quantitative estimate of drug-likeness (QED) is 0.643. The Balaban J connectivity index is 1.65. The monoisotopic (exact) mass is 276 g/mol. The lowest BCUT2D eigenvalue weighted by atomic mass is 9.90. The van der Waals surface area contributed by atoms with Gasteiger partial charge < -0.3 is 0 Å². The van der Waals surface area contributed by atoms with Crippen LogP contribution in [0.3, 0.4) is 0 Å². The fourth-order valence-electron chi connectivity index (χ4n) is 3.11. The summed E-state index contributed by atoms with van der Waals surface area (Å²) in [4.78, 5) is 0. The van der Waals surface area contributed by atoms with Crippen molar-refractivity contribution in [1.82, 2.24) is 0 Å². The van der Waals surface area contributed by atoms with E-state index in [9.17, 15) is 0 Å². The summed E-state index contributed by atoms with van der Waals surface area (Å²) in [5, 5.41) is 2.72. The molecular formula is C21H24. The van der Waals surface area contributed by atoms with Crippen molar-refractivity contribution >= 4 is 10.8 Å². The van der Waals surface area contributed by atoms with Gasteiger partial charge in [0.05, 0.1) is 0 Å². The van der Waals surface area contributed by atoms with Gasteiger partial charge in [0.25, 0.3) is 0 Å². The van der Waals surface area contributed by atoms with Gasteiger partial charge in [0.2, 0.25) is 0 Å². The molecule has 1 unspecified atom stereocenters. The molecule has 2 aromatic carbocycles. The molecule has 0 saturated heterocycles. The van der Waals surface area contributed by atoms with Crippen LogP contribution in [0.1, 0.15) is 37.3 Å². The second kappa shape index (κ2) is 6.30. The van der Waals surface area contributed by atoms with E-state index in [0.717, 1.165) is 6.42 Å². The van der Waals surface area contributed by atoms with Gasteiger partial charge in [0.15, 0.2) is 0 Å². The first kappa shape index (κ1) is 14.1. The van der Waals surface area contributed by atoms with E-state index in [0.29, 0.717) is 5.92 Å². The third-order valence-electron chi connectivity index (χ3n) is 4.54. The third kappa shape index (κ3) is 3.44. The van der Waals surface area contributed by atoms with Gasteiger partial charge in [-0.3, -0.25) is 0 Å². The van der Waals surface area contributed by atoms with E-state index in [1.165, 1.54) is 46.7 Å². The maximum atomic E-state index is 2.41. The third-order valence-corrected chi connectivity index (χ3v) is 4.54. The first-order valence-electron chi connectivity index (χ1n) is 8.11. The zero-order chi connectivity index (χ0) is 14.7. The summed E-state index contributed by atoms with van der Waals surface area (Å²) in [6.07, 6.45) is 11.9. The molecule has 1 aliphatic rings. The average Bonchev–Trinajstić information content (AvgIpc) is 2.53. The van der Waals surface area contributed by atoms with Crippen LogP contribution in [0.2, 0.25) is 0 Å². The Hall–Kier alpha value is -1.82. The van der Waals surface area contributed by atoms with Gasteiger partial charge in [-0.2, -0.15) is 0 Å². The molecule has 0 amide bonds. The second-order valence-corrected chi connectivity index (χ2v) is 6.21. The number of allylic oxidation sites excluding steroid dienone is 4. The number of rotatable bonds is 4. The molecule has 0 heteroatoms. The Morgan fingerprint density at radius 1 is 1.05 bits per heavy atom. The molecule has 0 N–H and O–H groups in total. The van der Waals surface area contributed by atoms with Crippen LogP contribution in [0.4, 0.5) is 0 Å². The normalized spacial score (nSPS) is 18.0. The number of hydrogen-bond donors (Lipinski definition) is 0. The number of hydrogen-bond acceptors (Lipinski definition) is 0. The Morgan fingerprint density at radius 2 is 1.86 bits per heavy atom. The zero-order valence-electron chi connectivity index (χ0n) is 13.1. The highest BCUT2D eigenvalue weighted by Gasteiger charge is 2.08. The van der Waals surface area contributed by atoms with Gasteiger partial charge in [0, 0.05) is 0 Å². The first-order chi connectivity index (χ1) is 10.2. The minimum atomic E-state index is 0.717. The molecule has 1 atom stereocenters. The zero-order valence-corrected chi connectivity index (χ0v) is 13.1. The lowest BCUT2D eigenvalue weighted by Crippen LogP contribution is -2.01. The molecule has 3 rings (SSSR count). The maximum Gasteiger partial charge on any atom is -0.0181 e. The molecular weight excluding hydrogens is 252 g/mol. The van der Waals surface area contributed by atoms with Crippen LogP contribution in [0, 0.1) is 12.8 Å².